The zero-order valence-corrected chi connectivity index (χ0v) is 14.0. The highest BCUT2D eigenvalue weighted by Gasteiger charge is 2.16. The molecule has 1 rings (SSSR count). The molecular formula is C17H27NO3. The van der Waals surface area contributed by atoms with Crippen LogP contribution in [0.4, 0.5) is 0 Å². The number of carbonyl (C=O) groups is 1. The quantitative estimate of drug-likeness (QED) is 0.689. The van der Waals surface area contributed by atoms with E-state index in [4.69, 9.17) is 9.47 Å². The van der Waals surface area contributed by atoms with Gasteiger partial charge in [-0.05, 0) is 46.8 Å². The fourth-order valence-corrected chi connectivity index (χ4v) is 2.52. The van der Waals surface area contributed by atoms with E-state index in [0.717, 1.165) is 6.54 Å². The van der Waals surface area contributed by atoms with Gasteiger partial charge in [0.1, 0.15) is 23.7 Å². The molecule has 0 amide bonds. The Kier molecular flexibility index (Phi) is 6.69. The van der Waals surface area contributed by atoms with Gasteiger partial charge in [-0.15, -0.1) is 0 Å². The summed E-state index contributed by atoms with van der Waals surface area (Å²) in [4.78, 5) is 14.1. The zero-order chi connectivity index (χ0) is 16.0. The van der Waals surface area contributed by atoms with E-state index in [-0.39, 0.29) is 5.78 Å². The molecule has 4 nitrogen and oxygen atoms in total. The summed E-state index contributed by atoms with van der Waals surface area (Å²) in [7, 11) is 1.56. The number of hydrogen-bond acceptors (Lipinski definition) is 4. The molecule has 1 aromatic carbocycles. The van der Waals surface area contributed by atoms with Crippen molar-refractivity contribution in [3.63, 3.8) is 0 Å². The monoisotopic (exact) mass is 293 g/mol. The van der Waals surface area contributed by atoms with Gasteiger partial charge in [-0.2, -0.15) is 0 Å². The van der Waals surface area contributed by atoms with Crippen LogP contribution in [0, 0.1) is 0 Å². The van der Waals surface area contributed by atoms with Crippen LogP contribution in [0.25, 0.3) is 0 Å². The largest absolute Gasteiger partial charge is 0.496 e. The first-order valence-corrected chi connectivity index (χ1v) is 7.45. The van der Waals surface area contributed by atoms with Crippen LogP contribution in [-0.4, -0.2) is 43.0 Å². The van der Waals surface area contributed by atoms with E-state index in [0.29, 0.717) is 35.8 Å². The summed E-state index contributed by atoms with van der Waals surface area (Å²) >= 11 is 0. The van der Waals surface area contributed by atoms with Gasteiger partial charge in [0.05, 0.1) is 7.11 Å². The Morgan fingerprint density at radius 1 is 1.14 bits per heavy atom. The van der Waals surface area contributed by atoms with Crippen LogP contribution in [0.1, 0.15) is 45.0 Å². The maximum atomic E-state index is 11.8. The van der Waals surface area contributed by atoms with Crippen molar-refractivity contribution in [2.75, 3.05) is 20.3 Å². The van der Waals surface area contributed by atoms with Crippen molar-refractivity contribution in [1.29, 1.82) is 0 Å². The normalized spacial score (nSPS) is 11.3. The third kappa shape index (κ3) is 4.74. The van der Waals surface area contributed by atoms with Crippen molar-refractivity contribution in [3.05, 3.63) is 23.8 Å². The maximum absolute atomic E-state index is 11.8. The Hall–Kier alpha value is -1.55. The zero-order valence-electron chi connectivity index (χ0n) is 14.0. The van der Waals surface area contributed by atoms with Crippen LogP contribution in [0.5, 0.6) is 11.5 Å². The molecule has 0 aliphatic carbocycles. The molecule has 118 valence electrons. The summed E-state index contributed by atoms with van der Waals surface area (Å²) in [6.07, 6.45) is 0. The highest BCUT2D eigenvalue weighted by molar-refractivity contribution is 5.99. The Bertz CT molecular complexity index is 461. The molecule has 0 aromatic heterocycles. The van der Waals surface area contributed by atoms with Gasteiger partial charge in [0.2, 0.25) is 0 Å². The lowest BCUT2D eigenvalue weighted by atomic mass is 10.1. The number of ketones is 1. The van der Waals surface area contributed by atoms with E-state index in [9.17, 15) is 4.79 Å². The van der Waals surface area contributed by atoms with Crippen molar-refractivity contribution < 1.29 is 14.3 Å². The van der Waals surface area contributed by atoms with Crippen molar-refractivity contribution in [3.8, 4) is 11.5 Å². The SMILES string of the molecule is COc1cccc(OCCN(C(C)C)C(C)C)c1C(C)=O. The maximum Gasteiger partial charge on any atom is 0.167 e. The molecule has 0 N–H and O–H groups in total. The van der Waals surface area contributed by atoms with Gasteiger partial charge >= 0.3 is 0 Å². The third-order valence-electron chi connectivity index (χ3n) is 3.49. The number of carbonyl (C=O) groups excluding carboxylic acids is 1. The number of ether oxygens (including phenoxy) is 2. The van der Waals surface area contributed by atoms with E-state index in [2.05, 4.69) is 32.6 Å². The van der Waals surface area contributed by atoms with Crippen LogP contribution >= 0.6 is 0 Å². The number of nitrogens with zero attached hydrogens (tertiary/aromatic N) is 1. The summed E-state index contributed by atoms with van der Waals surface area (Å²) in [6.45, 7) is 11.6. The minimum Gasteiger partial charge on any atom is -0.496 e. The van der Waals surface area contributed by atoms with E-state index in [1.165, 1.54) is 6.92 Å². The summed E-state index contributed by atoms with van der Waals surface area (Å²) in [6, 6.07) is 6.35. The first kappa shape index (κ1) is 17.5. The molecule has 4 heteroatoms. The highest BCUT2D eigenvalue weighted by atomic mass is 16.5. The van der Waals surface area contributed by atoms with Gasteiger partial charge in [-0.1, -0.05) is 6.07 Å². The molecule has 0 spiro atoms. The van der Waals surface area contributed by atoms with Crippen molar-refractivity contribution in [2.45, 2.75) is 46.7 Å². The fourth-order valence-electron chi connectivity index (χ4n) is 2.52. The summed E-state index contributed by atoms with van der Waals surface area (Å²) in [5.74, 6) is 1.10. The standard InChI is InChI=1S/C17H27NO3/c1-12(2)18(13(3)4)10-11-21-16-9-7-8-15(20-6)17(16)14(5)19/h7-9,12-13H,10-11H2,1-6H3. The molecule has 21 heavy (non-hydrogen) atoms. The minimum absolute atomic E-state index is 0.0491. The Balaban J connectivity index is 2.78. The molecule has 0 fully saturated rings. The van der Waals surface area contributed by atoms with E-state index in [1.54, 1.807) is 13.2 Å². The average Bonchev–Trinajstić information content (AvgIpc) is 2.41. The van der Waals surface area contributed by atoms with Crippen LogP contribution < -0.4 is 9.47 Å². The van der Waals surface area contributed by atoms with Crippen molar-refractivity contribution >= 4 is 5.78 Å². The number of benzene rings is 1. The van der Waals surface area contributed by atoms with Gasteiger partial charge in [-0.25, -0.2) is 0 Å². The number of methoxy groups -OCH3 is 1. The molecule has 0 radical (unpaired) electrons. The van der Waals surface area contributed by atoms with Gasteiger partial charge in [0.15, 0.2) is 5.78 Å². The second-order valence-electron chi connectivity index (χ2n) is 5.66. The minimum atomic E-state index is -0.0491. The van der Waals surface area contributed by atoms with E-state index < -0.39 is 0 Å². The predicted octanol–water partition coefficient (Wildman–Crippen LogP) is 3.40. The topological polar surface area (TPSA) is 38.8 Å². The summed E-state index contributed by atoms with van der Waals surface area (Å²) < 4.78 is 11.1. The molecule has 0 aliphatic heterocycles. The van der Waals surface area contributed by atoms with E-state index >= 15 is 0 Å². The molecule has 0 saturated carbocycles. The first-order valence-electron chi connectivity index (χ1n) is 7.45. The van der Waals surface area contributed by atoms with Crippen LogP contribution in [0.15, 0.2) is 18.2 Å². The molecule has 1 aromatic rings. The lowest BCUT2D eigenvalue weighted by molar-refractivity contribution is 0.100. The van der Waals surface area contributed by atoms with Gasteiger partial charge in [-0.3, -0.25) is 9.69 Å². The number of hydrogen-bond donors (Lipinski definition) is 0. The molecule has 0 aliphatic rings. The van der Waals surface area contributed by atoms with Crippen molar-refractivity contribution in [2.24, 2.45) is 0 Å². The first-order chi connectivity index (χ1) is 9.88. The third-order valence-corrected chi connectivity index (χ3v) is 3.49. The molecule has 0 heterocycles. The molecule has 0 bridgehead atoms. The summed E-state index contributed by atoms with van der Waals surface area (Å²) in [5, 5.41) is 0. The lowest BCUT2D eigenvalue weighted by Crippen LogP contribution is -2.39. The molecule has 0 atom stereocenters. The average molecular weight is 293 g/mol. The molecule has 0 unspecified atom stereocenters. The lowest BCUT2D eigenvalue weighted by Gasteiger charge is -2.30. The van der Waals surface area contributed by atoms with Gasteiger partial charge in [0, 0.05) is 18.6 Å². The van der Waals surface area contributed by atoms with Gasteiger partial charge in [0.25, 0.3) is 0 Å². The summed E-state index contributed by atoms with van der Waals surface area (Å²) in [5.41, 5.74) is 0.514. The molecular weight excluding hydrogens is 266 g/mol. The van der Waals surface area contributed by atoms with Crippen molar-refractivity contribution in [1.82, 2.24) is 4.90 Å². The number of rotatable bonds is 8. The van der Waals surface area contributed by atoms with Gasteiger partial charge < -0.3 is 9.47 Å². The van der Waals surface area contributed by atoms with Crippen LogP contribution in [0.2, 0.25) is 0 Å². The van der Waals surface area contributed by atoms with Crippen LogP contribution in [-0.2, 0) is 0 Å². The second kappa shape index (κ2) is 8.03. The Labute approximate surface area is 128 Å². The fraction of sp³-hybridized carbons (Fsp3) is 0.588. The number of Topliss-reactive ketones (excluding diaryl/α,β-unsaturated/α-hetero) is 1. The Morgan fingerprint density at radius 3 is 2.19 bits per heavy atom. The predicted molar refractivity (Wildman–Crippen MR) is 85.5 cm³/mol. The second-order valence-corrected chi connectivity index (χ2v) is 5.66. The van der Waals surface area contributed by atoms with Crippen LogP contribution in [0.3, 0.4) is 0 Å². The highest BCUT2D eigenvalue weighted by Crippen LogP contribution is 2.28. The Morgan fingerprint density at radius 2 is 1.71 bits per heavy atom. The smallest absolute Gasteiger partial charge is 0.167 e. The van der Waals surface area contributed by atoms with E-state index in [1.807, 2.05) is 12.1 Å². The molecule has 0 saturated heterocycles.